The van der Waals surface area contributed by atoms with Crippen molar-refractivity contribution in [3.8, 4) is 0 Å². The number of sulfonamides is 1. The average molecular weight is 318 g/mol. The summed E-state index contributed by atoms with van der Waals surface area (Å²) in [5.74, 6) is -0.748. The van der Waals surface area contributed by atoms with Gasteiger partial charge in [0.25, 0.3) is 0 Å². The van der Waals surface area contributed by atoms with Gasteiger partial charge in [-0.05, 0) is 18.6 Å². The molecule has 0 saturated carbocycles. The van der Waals surface area contributed by atoms with Crippen LogP contribution in [0.3, 0.4) is 0 Å². The lowest BCUT2D eigenvalue weighted by atomic mass is 10.2. The van der Waals surface area contributed by atoms with Crippen LogP contribution in [0.5, 0.6) is 0 Å². The summed E-state index contributed by atoms with van der Waals surface area (Å²) in [5.41, 5.74) is 1.34. The van der Waals surface area contributed by atoms with E-state index in [0.717, 1.165) is 11.9 Å². The number of nitrogens with zero attached hydrogens (tertiary/aromatic N) is 1. The number of para-hydroxylation sites is 2. The first-order chi connectivity index (χ1) is 9.30. The Labute approximate surface area is 119 Å². The molecule has 1 aromatic rings. The Kier molecular flexibility index (Phi) is 4.24. The SMILES string of the molecule is CS(=O)(=O)CCS(=O)(=O)N1CCCNc2ccccc21. The van der Waals surface area contributed by atoms with Crippen molar-refractivity contribution in [1.29, 1.82) is 0 Å². The van der Waals surface area contributed by atoms with Gasteiger partial charge in [-0.2, -0.15) is 0 Å². The number of sulfone groups is 1. The van der Waals surface area contributed by atoms with Gasteiger partial charge in [0.15, 0.2) is 0 Å². The van der Waals surface area contributed by atoms with E-state index in [-0.39, 0.29) is 11.5 Å². The lowest BCUT2D eigenvalue weighted by Gasteiger charge is -2.23. The van der Waals surface area contributed by atoms with Gasteiger partial charge in [0, 0.05) is 19.3 Å². The van der Waals surface area contributed by atoms with Crippen LogP contribution in [0, 0.1) is 0 Å². The molecule has 1 aromatic carbocycles. The molecule has 0 fully saturated rings. The molecule has 0 unspecified atom stereocenters. The quantitative estimate of drug-likeness (QED) is 0.883. The van der Waals surface area contributed by atoms with Crippen LogP contribution in [0.4, 0.5) is 11.4 Å². The van der Waals surface area contributed by atoms with Gasteiger partial charge in [-0.15, -0.1) is 0 Å². The van der Waals surface area contributed by atoms with Gasteiger partial charge in [-0.25, -0.2) is 16.8 Å². The molecule has 1 aliphatic heterocycles. The average Bonchev–Trinajstić information content (AvgIpc) is 2.58. The molecule has 1 aliphatic rings. The lowest BCUT2D eigenvalue weighted by molar-refractivity contribution is 0.586. The Bertz CT molecular complexity index is 683. The Hall–Kier alpha value is -1.28. The highest BCUT2D eigenvalue weighted by molar-refractivity contribution is 7.95. The minimum absolute atomic E-state index is 0.357. The van der Waals surface area contributed by atoms with Crippen LogP contribution in [0.1, 0.15) is 6.42 Å². The summed E-state index contributed by atoms with van der Waals surface area (Å²) in [6, 6.07) is 7.15. The topological polar surface area (TPSA) is 83.5 Å². The normalized spacial score (nSPS) is 16.1. The van der Waals surface area contributed by atoms with E-state index in [0.29, 0.717) is 25.2 Å². The number of benzene rings is 1. The van der Waals surface area contributed by atoms with E-state index in [1.54, 1.807) is 12.1 Å². The number of hydrogen-bond acceptors (Lipinski definition) is 5. The highest BCUT2D eigenvalue weighted by Gasteiger charge is 2.26. The molecular formula is C12H18N2O4S2. The van der Waals surface area contributed by atoms with Crippen LogP contribution in [0.25, 0.3) is 0 Å². The predicted molar refractivity (Wildman–Crippen MR) is 80.4 cm³/mol. The maximum absolute atomic E-state index is 12.4. The number of anilines is 2. The maximum atomic E-state index is 12.4. The van der Waals surface area contributed by atoms with Crippen molar-refractivity contribution in [1.82, 2.24) is 0 Å². The van der Waals surface area contributed by atoms with Gasteiger partial charge in [-0.3, -0.25) is 4.31 Å². The van der Waals surface area contributed by atoms with Crippen molar-refractivity contribution in [3.63, 3.8) is 0 Å². The molecule has 0 aromatic heterocycles. The summed E-state index contributed by atoms with van der Waals surface area (Å²) in [6.07, 6.45) is 1.72. The summed E-state index contributed by atoms with van der Waals surface area (Å²) < 4.78 is 48.4. The molecule has 0 atom stereocenters. The number of fused-ring (bicyclic) bond motifs is 1. The minimum Gasteiger partial charge on any atom is -0.383 e. The molecule has 1 N–H and O–H groups in total. The molecule has 6 nitrogen and oxygen atoms in total. The molecule has 0 radical (unpaired) electrons. The smallest absolute Gasteiger partial charge is 0.236 e. The van der Waals surface area contributed by atoms with Gasteiger partial charge in [-0.1, -0.05) is 12.1 Å². The molecule has 0 aliphatic carbocycles. The molecule has 0 spiro atoms. The number of hydrogen-bond donors (Lipinski definition) is 1. The number of rotatable bonds is 4. The van der Waals surface area contributed by atoms with Crippen LogP contribution >= 0.6 is 0 Å². The lowest BCUT2D eigenvalue weighted by Crippen LogP contribution is -2.35. The fourth-order valence-corrected chi connectivity index (χ4v) is 5.20. The van der Waals surface area contributed by atoms with Gasteiger partial charge in [0.1, 0.15) is 9.84 Å². The second-order valence-electron chi connectivity index (χ2n) is 4.82. The molecule has 8 heteroatoms. The summed E-state index contributed by atoms with van der Waals surface area (Å²) in [7, 11) is -6.94. The molecular weight excluding hydrogens is 300 g/mol. The zero-order valence-corrected chi connectivity index (χ0v) is 12.9. The van der Waals surface area contributed by atoms with Crippen LogP contribution in [-0.4, -0.2) is 47.7 Å². The molecule has 0 amide bonds. The van der Waals surface area contributed by atoms with Crippen molar-refractivity contribution in [2.24, 2.45) is 0 Å². The highest BCUT2D eigenvalue weighted by atomic mass is 32.2. The standard InChI is InChI=1S/C12H18N2O4S2/c1-19(15,16)9-10-20(17,18)14-8-4-7-13-11-5-2-3-6-12(11)14/h2-3,5-6,13H,4,7-10H2,1H3. The Morgan fingerprint density at radius 2 is 1.85 bits per heavy atom. The first-order valence-electron chi connectivity index (χ1n) is 6.31. The van der Waals surface area contributed by atoms with Gasteiger partial charge < -0.3 is 5.32 Å². The van der Waals surface area contributed by atoms with Crippen molar-refractivity contribution >= 4 is 31.2 Å². The highest BCUT2D eigenvalue weighted by Crippen LogP contribution is 2.30. The second-order valence-corrected chi connectivity index (χ2v) is 9.09. The fourth-order valence-electron chi connectivity index (χ4n) is 2.06. The van der Waals surface area contributed by atoms with E-state index in [4.69, 9.17) is 0 Å². The minimum atomic E-state index is -3.64. The zero-order valence-electron chi connectivity index (χ0n) is 11.2. The summed E-state index contributed by atoms with van der Waals surface area (Å²) in [5, 5.41) is 3.18. The Balaban J connectivity index is 2.31. The van der Waals surface area contributed by atoms with Gasteiger partial charge >= 0.3 is 0 Å². The van der Waals surface area contributed by atoms with Gasteiger partial charge in [0.05, 0.1) is 22.9 Å². The summed E-state index contributed by atoms with van der Waals surface area (Å²) >= 11 is 0. The van der Waals surface area contributed by atoms with Crippen LogP contribution in [-0.2, 0) is 19.9 Å². The molecule has 20 heavy (non-hydrogen) atoms. The molecule has 0 saturated heterocycles. The third kappa shape index (κ3) is 3.63. The third-order valence-corrected chi connectivity index (χ3v) is 6.05. The van der Waals surface area contributed by atoms with Crippen molar-refractivity contribution < 1.29 is 16.8 Å². The zero-order chi connectivity index (χ0) is 14.8. The maximum Gasteiger partial charge on any atom is 0.236 e. The number of nitrogens with one attached hydrogen (secondary N) is 1. The van der Waals surface area contributed by atoms with E-state index in [2.05, 4.69) is 5.32 Å². The molecule has 0 bridgehead atoms. The van der Waals surface area contributed by atoms with Crippen LogP contribution in [0.15, 0.2) is 24.3 Å². The summed E-state index contributed by atoms with van der Waals surface area (Å²) in [4.78, 5) is 0. The third-order valence-electron chi connectivity index (χ3n) is 3.07. The van der Waals surface area contributed by atoms with E-state index in [1.807, 2.05) is 12.1 Å². The Morgan fingerprint density at radius 1 is 1.15 bits per heavy atom. The van der Waals surface area contributed by atoms with Crippen LogP contribution < -0.4 is 9.62 Å². The molecule has 1 heterocycles. The Morgan fingerprint density at radius 3 is 2.55 bits per heavy atom. The van der Waals surface area contributed by atoms with Crippen molar-refractivity contribution in [3.05, 3.63) is 24.3 Å². The molecule has 112 valence electrons. The summed E-state index contributed by atoms with van der Waals surface area (Å²) in [6.45, 7) is 1.05. The van der Waals surface area contributed by atoms with E-state index < -0.39 is 19.9 Å². The largest absolute Gasteiger partial charge is 0.383 e. The van der Waals surface area contributed by atoms with Crippen molar-refractivity contribution in [2.75, 3.05) is 40.5 Å². The predicted octanol–water partition coefficient (Wildman–Crippen LogP) is 0.683. The molecule has 2 rings (SSSR count). The van der Waals surface area contributed by atoms with Crippen molar-refractivity contribution in [2.45, 2.75) is 6.42 Å². The van der Waals surface area contributed by atoms with Gasteiger partial charge in [0.2, 0.25) is 10.0 Å². The monoisotopic (exact) mass is 318 g/mol. The van der Waals surface area contributed by atoms with E-state index >= 15 is 0 Å². The van der Waals surface area contributed by atoms with E-state index in [9.17, 15) is 16.8 Å². The van der Waals surface area contributed by atoms with Crippen LogP contribution in [0.2, 0.25) is 0 Å². The fraction of sp³-hybridized carbons (Fsp3) is 0.500. The first-order valence-corrected chi connectivity index (χ1v) is 9.98. The first kappa shape index (κ1) is 15.1. The van der Waals surface area contributed by atoms with E-state index in [1.165, 1.54) is 4.31 Å². The second kappa shape index (κ2) is 5.61.